The van der Waals surface area contributed by atoms with Crippen molar-refractivity contribution >= 4 is 49.7 Å². The second kappa shape index (κ2) is 7.27. The normalized spacial score (nSPS) is 15.2. The summed E-state index contributed by atoms with van der Waals surface area (Å²) < 4.78 is 43.6. The molecule has 1 saturated carbocycles. The molecule has 6 nitrogen and oxygen atoms in total. The largest absolute Gasteiger partial charge is 0.351 e. The highest BCUT2D eigenvalue weighted by atomic mass is 127. The minimum atomic E-state index is -3.70. The van der Waals surface area contributed by atoms with Gasteiger partial charge in [-0.05, 0) is 60.1 Å². The van der Waals surface area contributed by atoms with Crippen LogP contribution in [0.15, 0.2) is 47.9 Å². The molecule has 2 N–H and O–H groups in total. The highest BCUT2D eigenvalue weighted by molar-refractivity contribution is 14.1. The monoisotopic (exact) mass is 503 g/mol. The minimum Gasteiger partial charge on any atom is -0.351 e. The number of benzene rings is 1. The first-order valence-electron chi connectivity index (χ1n) is 8.23. The van der Waals surface area contributed by atoms with Crippen molar-refractivity contribution in [3.63, 3.8) is 0 Å². The summed E-state index contributed by atoms with van der Waals surface area (Å²) in [6, 6.07) is 5.83. The summed E-state index contributed by atoms with van der Waals surface area (Å²) in [5, 5.41) is 2.82. The Bertz CT molecular complexity index is 1060. The predicted molar refractivity (Wildman–Crippen MR) is 113 cm³/mol. The molecule has 144 valence electrons. The van der Waals surface area contributed by atoms with Gasteiger partial charge >= 0.3 is 0 Å². The number of nitrogens with zero attached hydrogens (tertiary/aromatic N) is 1. The maximum absolute atomic E-state index is 14.2. The average molecular weight is 503 g/mol. The molecular formula is C18H19FIN3O3S. The zero-order chi connectivity index (χ0) is 19.8. The van der Waals surface area contributed by atoms with Crippen molar-refractivity contribution in [2.75, 3.05) is 10.0 Å². The number of anilines is 3. The highest BCUT2D eigenvalue weighted by Gasteiger charge is 2.53. The molecule has 0 bridgehead atoms. The van der Waals surface area contributed by atoms with E-state index >= 15 is 0 Å². The fourth-order valence-electron chi connectivity index (χ4n) is 2.79. The first-order valence-corrected chi connectivity index (χ1v) is 10.8. The highest BCUT2D eigenvalue weighted by Crippen LogP contribution is 2.47. The summed E-state index contributed by atoms with van der Waals surface area (Å²) in [6.07, 6.45) is 4.43. The molecule has 0 amide bonds. The lowest BCUT2D eigenvalue weighted by atomic mass is 10.2. The first-order chi connectivity index (χ1) is 12.7. The van der Waals surface area contributed by atoms with Crippen LogP contribution in [0.3, 0.4) is 0 Å². The maximum Gasteiger partial charge on any atom is 0.252 e. The van der Waals surface area contributed by atoms with Crippen molar-refractivity contribution in [2.24, 2.45) is 7.05 Å². The van der Waals surface area contributed by atoms with Crippen LogP contribution in [-0.4, -0.2) is 17.7 Å². The van der Waals surface area contributed by atoms with E-state index in [1.54, 1.807) is 12.1 Å². The number of aromatic nitrogens is 1. The number of hydrogen-bond acceptors (Lipinski definition) is 4. The third-order valence-corrected chi connectivity index (χ3v) is 7.44. The fourth-order valence-corrected chi connectivity index (χ4v) is 4.89. The van der Waals surface area contributed by atoms with Gasteiger partial charge in [0.2, 0.25) is 10.0 Å². The Morgan fingerprint density at radius 3 is 2.59 bits per heavy atom. The predicted octanol–water partition coefficient (Wildman–Crippen LogP) is 3.72. The van der Waals surface area contributed by atoms with Crippen molar-refractivity contribution < 1.29 is 12.8 Å². The number of allylic oxidation sites excluding steroid dienone is 1. The van der Waals surface area contributed by atoms with Gasteiger partial charge in [-0.15, -0.1) is 6.58 Å². The molecule has 0 unspecified atom stereocenters. The molecule has 3 rings (SSSR count). The second-order valence-electron chi connectivity index (χ2n) is 6.58. The standard InChI is InChI=1S/C18H19FIN3O3S/c1-3-6-18(7-8-18)27(25,26)22-16-11-23(2)17(24)10-15(16)21-14-5-4-12(20)9-13(14)19/h3-5,9-11,21-22H,1,6-8H2,2H3. The van der Waals surface area contributed by atoms with Crippen LogP contribution in [-0.2, 0) is 17.1 Å². The zero-order valence-corrected chi connectivity index (χ0v) is 17.6. The van der Waals surface area contributed by atoms with E-state index in [-0.39, 0.29) is 22.6 Å². The van der Waals surface area contributed by atoms with Crippen LogP contribution in [0.4, 0.5) is 21.5 Å². The molecule has 0 aliphatic heterocycles. The Morgan fingerprint density at radius 2 is 2.00 bits per heavy atom. The van der Waals surface area contributed by atoms with Gasteiger partial charge in [0, 0.05) is 22.9 Å². The molecule has 1 fully saturated rings. The smallest absolute Gasteiger partial charge is 0.252 e. The van der Waals surface area contributed by atoms with Crippen molar-refractivity contribution in [1.29, 1.82) is 0 Å². The Kier molecular flexibility index (Phi) is 5.35. The zero-order valence-electron chi connectivity index (χ0n) is 14.6. The molecule has 1 heterocycles. The average Bonchev–Trinajstić information content (AvgIpc) is 3.36. The van der Waals surface area contributed by atoms with Gasteiger partial charge < -0.3 is 9.88 Å². The first kappa shape index (κ1) is 19.9. The van der Waals surface area contributed by atoms with E-state index in [9.17, 15) is 17.6 Å². The van der Waals surface area contributed by atoms with Crippen LogP contribution >= 0.6 is 22.6 Å². The summed E-state index contributed by atoms with van der Waals surface area (Å²) >= 11 is 1.99. The lowest BCUT2D eigenvalue weighted by Crippen LogP contribution is -2.30. The number of halogens is 2. The number of aryl methyl sites for hydroxylation is 1. The molecule has 2 aromatic rings. The van der Waals surface area contributed by atoms with Crippen molar-refractivity contribution in [3.05, 3.63) is 62.9 Å². The van der Waals surface area contributed by atoms with E-state index < -0.39 is 20.6 Å². The molecule has 0 atom stereocenters. The molecule has 1 aromatic carbocycles. The van der Waals surface area contributed by atoms with E-state index in [1.807, 2.05) is 22.6 Å². The second-order valence-corrected chi connectivity index (χ2v) is 9.90. The van der Waals surface area contributed by atoms with E-state index in [1.165, 1.54) is 36.0 Å². The SMILES string of the molecule is C=CCC1(S(=O)(=O)Nc2cn(C)c(=O)cc2Nc2ccc(I)cc2F)CC1. The lowest BCUT2D eigenvalue weighted by Gasteiger charge is -2.19. The van der Waals surface area contributed by atoms with Gasteiger partial charge in [0.05, 0.1) is 21.8 Å². The van der Waals surface area contributed by atoms with Gasteiger partial charge in [-0.3, -0.25) is 9.52 Å². The van der Waals surface area contributed by atoms with Crippen LogP contribution in [0.1, 0.15) is 19.3 Å². The lowest BCUT2D eigenvalue weighted by molar-refractivity contribution is 0.582. The molecule has 27 heavy (non-hydrogen) atoms. The number of sulfonamides is 1. The summed E-state index contributed by atoms with van der Waals surface area (Å²) in [6.45, 7) is 3.63. The van der Waals surface area contributed by atoms with E-state index in [2.05, 4.69) is 16.6 Å². The van der Waals surface area contributed by atoms with Gasteiger partial charge in [0.25, 0.3) is 5.56 Å². The Morgan fingerprint density at radius 1 is 1.30 bits per heavy atom. The van der Waals surface area contributed by atoms with E-state index in [0.29, 0.717) is 19.3 Å². The topological polar surface area (TPSA) is 80.2 Å². The third kappa shape index (κ3) is 4.03. The molecule has 1 aliphatic rings. The van der Waals surface area contributed by atoms with Crippen molar-refractivity contribution in [1.82, 2.24) is 4.57 Å². The van der Waals surface area contributed by atoms with Crippen molar-refractivity contribution in [2.45, 2.75) is 24.0 Å². The van der Waals surface area contributed by atoms with Crippen LogP contribution in [0, 0.1) is 9.39 Å². The molecule has 0 saturated heterocycles. The van der Waals surface area contributed by atoms with E-state index in [0.717, 1.165) is 3.57 Å². The van der Waals surface area contributed by atoms with Gasteiger partial charge in [-0.1, -0.05) is 6.08 Å². The number of pyridine rings is 1. The molecule has 1 aliphatic carbocycles. The number of rotatable bonds is 7. The molecular weight excluding hydrogens is 484 g/mol. The number of hydrogen-bond donors (Lipinski definition) is 2. The quantitative estimate of drug-likeness (QED) is 0.446. The molecule has 0 radical (unpaired) electrons. The third-order valence-electron chi connectivity index (χ3n) is 4.57. The maximum atomic E-state index is 14.2. The van der Waals surface area contributed by atoms with Crippen LogP contribution < -0.4 is 15.6 Å². The summed E-state index contributed by atoms with van der Waals surface area (Å²) in [4.78, 5) is 12.0. The van der Waals surface area contributed by atoms with Gasteiger partial charge in [-0.2, -0.15) is 0 Å². The summed E-state index contributed by atoms with van der Waals surface area (Å²) in [5.41, 5.74) is 0.177. The van der Waals surface area contributed by atoms with Crippen LogP contribution in [0.2, 0.25) is 0 Å². The van der Waals surface area contributed by atoms with Gasteiger partial charge in [0.15, 0.2) is 0 Å². The Balaban J connectivity index is 1.99. The van der Waals surface area contributed by atoms with Crippen LogP contribution in [0.25, 0.3) is 0 Å². The van der Waals surface area contributed by atoms with E-state index in [4.69, 9.17) is 0 Å². The Hall–Kier alpha value is -1.88. The number of nitrogens with one attached hydrogen (secondary N) is 2. The molecule has 0 spiro atoms. The van der Waals surface area contributed by atoms with Crippen LogP contribution in [0.5, 0.6) is 0 Å². The van der Waals surface area contributed by atoms with Gasteiger partial charge in [0.1, 0.15) is 5.82 Å². The molecule has 1 aromatic heterocycles. The summed E-state index contributed by atoms with van der Waals surface area (Å²) in [5.74, 6) is -0.498. The molecule has 9 heteroatoms. The Labute approximate surface area is 170 Å². The summed E-state index contributed by atoms with van der Waals surface area (Å²) in [7, 11) is -2.18. The minimum absolute atomic E-state index is 0.149. The fraction of sp³-hybridized carbons (Fsp3) is 0.278. The van der Waals surface area contributed by atoms with Gasteiger partial charge in [-0.25, -0.2) is 12.8 Å². The van der Waals surface area contributed by atoms with Crippen molar-refractivity contribution in [3.8, 4) is 0 Å².